The number of benzene rings is 2. The lowest BCUT2D eigenvalue weighted by atomic mass is 9.96. The number of hydrogen-bond acceptors (Lipinski definition) is 3. The Labute approximate surface area is 155 Å². The molecule has 0 radical (unpaired) electrons. The molecule has 2 N–H and O–H groups in total. The molecule has 2 aromatic rings. The second kappa shape index (κ2) is 6.48. The lowest BCUT2D eigenvalue weighted by molar-refractivity contribution is -0.275. The SMILES string of the molecule is COc1ccc(CN2C(=O)NC(O)(C(F)(F)F)c3cc(Br)ccc32)cc1. The highest BCUT2D eigenvalue weighted by molar-refractivity contribution is 9.10. The first kappa shape index (κ1) is 18.5. The van der Waals surface area contributed by atoms with Gasteiger partial charge >= 0.3 is 12.2 Å². The normalized spacial score (nSPS) is 19.8. The van der Waals surface area contributed by atoms with Crippen molar-refractivity contribution < 1.29 is 27.8 Å². The van der Waals surface area contributed by atoms with Gasteiger partial charge in [0.2, 0.25) is 0 Å². The van der Waals surface area contributed by atoms with Crippen LogP contribution < -0.4 is 15.0 Å². The molecule has 138 valence electrons. The van der Waals surface area contributed by atoms with E-state index >= 15 is 0 Å². The Bertz CT molecular complexity index is 842. The highest BCUT2D eigenvalue weighted by Gasteiger charge is 2.60. The number of anilines is 1. The van der Waals surface area contributed by atoms with E-state index in [1.54, 1.807) is 29.6 Å². The number of carbonyl (C=O) groups is 1. The summed E-state index contributed by atoms with van der Waals surface area (Å²) in [5.41, 5.74) is -3.24. The van der Waals surface area contributed by atoms with Gasteiger partial charge in [-0.15, -0.1) is 0 Å². The molecular weight excluding hydrogens is 417 g/mol. The maximum absolute atomic E-state index is 13.4. The van der Waals surface area contributed by atoms with Gasteiger partial charge in [-0.05, 0) is 35.9 Å². The van der Waals surface area contributed by atoms with Crippen LogP contribution in [-0.4, -0.2) is 24.4 Å². The van der Waals surface area contributed by atoms with Gasteiger partial charge in [0.15, 0.2) is 0 Å². The summed E-state index contributed by atoms with van der Waals surface area (Å²) in [5, 5.41) is 11.9. The average molecular weight is 431 g/mol. The first-order valence-corrected chi connectivity index (χ1v) is 8.27. The van der Waals surface area contributed by atoms with E-state index in [0.717, 1.165) is 11.0 Å². The Morgan fingerprint density at radius 3 is 2.46 bits per heavy atom. The highest BCUT2D eigenvalue weighted by atomic mass is 79.9. The fraction of sp³-hybridized carbons (Fsp3) is 0.235. The molecule has 0 bridgehead atoms. The van der Waals surface area contributed by atoms with Crippen LogP contribution >= 0.6 is 15.9 Å². The fourth-order valence-corrected chi connectivity index (χ4v) is 3.09. The molecule has 0 aromatic heterocycles. The molecule has 5 nitrogen and oxygen atoms in total. The number of methoxy groups -OCH3 is 1. The van der Waals surface area contributed by atoms with Crippen LogP contribution in [0.2, 0.25) is 0 Å². The van der Waals surface area contributed by atoms with Crippen LogP contribution in [0.4, 0.5) is 23.7 Å². The molecule has 1 atom stereocenters. The quantitative estimate of drug-likeness (QED) is 0.776. The smallest absolute Gasteiger partial charge is 0.441 e. The van der Waals surface area contributed by atoms with E-state index in [-0.39, 0.29) is 12.2 Å². The van der Waals surface area contributed by atoms with Crippen LogP contribution in [0, 0.1) is 0 Å². The summed E-state index contributed by atoms with van der Waals surface area (Å²) >= 11 is 3.10. The number of carbonyl (C=O) groups excluding carboxylic acids is 1. The third-order valence-electron chi connectivity index (χ3n) is 4.08. The van der Waals surface area contributed by atoms with E-state index in [0.29, 0.717) is 15.8 Å². The van der Waals surface area contributed by atoms with Gasteiger partial charge < -0.3 is 9.84 Å². The lowest BCUT2D eigenvalue weighted by Gasteiger charge is -2.41. The molecule has 0 saturated heterocycles. The molecular formula is C17H14BrF3N2O3. The van der Waals surface area contributed by atoms with E-state index in [2.05, 4.69) is 15.9 Å². The number of rotatable bonds is 3. The number of nitrogens with one attached hydrogen (secondary N) is 1. The van der Waals surface area contributed by atoms with Crippen LogP contribution in [-0.2, 0) is 12.3 Å². The van der Waals surface area contributed by atoms with Crippen molar-refractivity contribution in [2.45, 2.75) is 18.4 Å². The van der Waals surface area contributed by atoms with Gasteiger partial charge in [0.1, 0.15) is 5.75 Å². The Balaban J connectivity index is 2.04. The minimum absolute atomic E-state index is 0.0207. The lowest BCUT2D eigenvalue weighted by Crippen LogP contribution is -2.62. The van der Waals surface area contributed by atoms with Crippen molar-refractivity contribution in [3.8, 4) is 5.75 Å². The molecule has 2 aromatic carbocycles. The summed E-state index contributed by atoms with van der Waals surface area (Å²) in [4.78, 5) is 13.5. The average Bonchev–Trinajstić information content (AvgIpc) is 2.58. The van der Waals surface area contributed by atoms with E-state index in [1.165, 1.54) is 19.2 Å². The van der Waals surface area contributed by atoms with Crippen molar-refractivity contribution in [3.63, 3.8) is 0 Å². The number of nitrogens with zero attached hydrogens (tertiary/aromatic N) is 1. The summed E-state index contributed by atoms with van der Waals surface area (Å²) in [6.07, 6.45) is -5.08. The fourth-order valence-electron chi connectivity index (χ4n) is 2.73. The Morgan fingerprint density at radius 2 is 1.88 bits per heavy atom. The standard InChI is InChI=1S/C17H14BrF3N2O3/c1-26-12-5-2-10(3-6-12)9-23-14-7-4-11(18)8-13(14)16(25,17(19,20)21)22-15(23)24/h2-8,25H,9H2,1H3,(H,22,24). The van der Waals surface area contributed by atoms with Gasteiger partial charge in [0, 0.05) is 10.0 Å². The van der Waals surface area contributed by atoms with E-state index in [9.17, 15) is 23.1 Å². The summed E-state index contributed by atoms with van der Waals surface area (Å²) in [7, 11) is 1.51. The second-order valence-corrected chi connectivity index (χ2v) is 6.65. The zero-order valence-corrected chi connectivity index (χ0v) is 15.1. The molecule has 3 rings (SSSR count). The molecule has 0 spiro atoms. The van der Waals surface area contributed by atoms with Crippen LogP contribution in [0.25, 0.3) is 0 Å². The first-order chi connectivity index (χ1) is 12.2. The van der Waals surface area contributed by atoms with Gasteiger partial charge in [-0.3, -0.25) is 10.2 Å². The molecule has 2 amide bonds. The maximum Gasteiger partial charge on any atom is 0.441 e. The second-order valence-electron chi connectivity index (χ2n) is 5.73. The van der Waals surface area contributed by atoms with Gasteiger partial charge in [-0.25, -0.2) is 4.79 Å². The van der Waals surface area contributed by atoms with Crippen molar-refractivity contribution >= 4 is 27.6 Å². The summed E-state index contributed by atoms with van der Waals surface area (Å²) in [6, 6.07) is 9.74. The number of ether oxygens (including phenoxy) is 1. The van der Waals surface area contributed by atoms with Crippen molar-refractivity contribution in [2.24, 2.45) is 0 Å². The molecule has 9 heteroatoms. The molecule has 0 fully saturated rings. The van der Waals surface area contributed by atoms with Crippen molar-refractivity contribution in [1.29, 1.82) is 0 Å². The molecule has 0 saturated carbocycles. The largest absolute Gasteiger partial charge is 0.497 e. The van der Waals surface area contributed by atoms with Crippen LogP contribution in [0.5, 0.6) is 5.75 Å². The van der Waals surface area contributed by atoms with E-state index in [4.69, 9.17) is 4.74 Å². The zero-order valence-electron chi connectivity index (χ0n) is 13.5. The van der Waals surface area contributed by atoms with Crippen LogP contribution in [0.3, 0.4) is 0 Å². The minimum atomic E-state index is -5.08. The first-order valence-electron chi connectivity index (χ1n) is 7.47. The molecule has 1 aliphatic heterocycles. The Morgan fingerprint density at radius 1 is 1.23 bits per heavy atom. The predicted molar refractivity (Wildman–Crippen MR) is 91.8 cm³/mol. The summed E-state index contributed by atoms with van der Waals surface area (Å²) in [6.45, 7) is 0.0262. The monoisotopic (exact) mass is 430 g/mol. The molecule has 1 heterocycles. The van der Waals surface area contributed by atoms with Gasteiger partial charge in [-0.2, -0.15) is 13.2 Å². The van der Waals surface area contributed by atoms with Crippen LogP contribution in [0.15, 0.2) is 46.9 Å². The number of amides is 2. The summed E-state index contributed by atoms with van der Waals surface area (Å²) in [5.74, 6) is 0.618. The third-order valence-corrected chi connectivity index (χ3v) is 4.58. The molecule has 1 aliphatic rings. The topological polar surface area (TPSA) is 61.8 Å². The Kier molecular flexibility index (Phi) is 4.61. The third kappa shape index (κ3) is 3.12. The summed E-state index contributed by atoms with van der Waals surface area (Å²) < 4.78 is 45.7. The number of aliphatic hydroxyl groups is 1. The number of alkyl halides is 3. The molecule has 26 heavy (non-hydrogen) atoms. The van der Waals surface area contributed by atoms with Crippen molar-refractivity contribution in [1.82, 2.24) is 5.32 Å². The van der Waals surface area contributed by atoms with Crippen LogP contribution in [0.1, 0.15) is 11.1 Å². The van der Waals surface area contributed by atoms with E-state index in [1.807, 2.05) is 0 Å². The maximum atomic E-state index is 13.4. The zero-order chi connectivity index (χ0) is 19.1. The van der Waals surface area contributed by atoms with Gasteiger partial charge in [0.05, 0.1) is 19.3 Å². The number of urea groups is 1. The van der Waals surface area contributed by atoms with Gasteiger partial charge in [0.25, 0.3) is 5.72 Å². The van der Waals surface area contributed by atoms with Crippen molar-refractivity contribution in [2.75, 3.05) is 12.0 Å². The number of hydrogen-bond donors (Lipinski definition) is 2. The van der Waals surface area contributed by atoms with Crippen molar-refractivity contribution in [3.05, 3.63) is 58.1 Å². The molecule has 0 aliphatic carbocycles. The van der Waals surface area contributed by atoms with Gasteiger partial charge in [-0.1, -0.05) is 28.1 Å². The molecule has 1 unspecified atom stereocenters. The number of fused-ring (bicyclic) bond motifs is 1. The minimum Gasteiger partial charge on any atom is -0.497 e. The predicted octanol–water partition coefficient (Wildman–Crippen LogP) is 3.89. The Hall–Kier alpha value is -2.26. The highest BCUT2D eigenvalue weighted by Crippen LogP contribution is 2.45. The van der Waals surface area contributed by atoms with E-state index < -0.39 is 23.5 Å². The number of halogens is 4.